The molecule has 0 saturated carbocycles. The molecule has 2 heterocycles. The van der Waals surface area contributed by atoms with Crippen LogP contribution in [0.4, 0.5) is 5.82 Å². The normalized spacial score (nSPS) is 11.8. The minimum absolute atomic E-state index is 0.0773. The van der Waals surface area contributed by atoms with Crippen LogP contribution in [0.5, 0.6) is 0 Å². The summed E-state index contributed by atoms with van der Waals surface area (Å²) in [5.41, 5.74) is 3.70. The Hall–Kier alpha value is -5.08. The van der Waals surface area contributed by atoms with Crippen LogP contribution in [0.15, 0.2) is 131 Å². The van der Waals surface area contributed by atoms with Gasteiger partial charge in [-0.3, -0.25) is 4.79 Å². The maximum absolute atomic E-state index is 14.2. The number of benzene rings is 4. The van der Waals surface area contributed by atoms with E-state index in [-0.39, 0.29) is 21.1 Å². The van der Waals surface area contributed by atoms with Crippen LogP contribution in [0.2, 0.25) is 0 Å². The number of carbonyl (C=O) groups excluding carboxylic acids is 1. The van der Waals surface area contributed by atoms with Gasteiger partial charge in [-0.2, -0.15) is 0 Å². The maximum Gasteiger partial charge on any atom is 0.249 e. The van der Waals surface area contributed by atoms with E-state index in [0.717, 1.165) is 11.1 Å². The SMILES string of the molecule is O=C(C=Cc1ccccc1)Nc1c(S(=O)(=O)c2ccccc2)c2nc3ccccc3nc2n1CCc1ccccc1. The zero-order chi connectivity index (χ0) is 28.2. The fourth-order valence-corrected chi connectivity index (χ4v) is 6.32. The lowest BCUT2D eigenvalue weighted by molar-refractivity contribution is -0.111. The Balaban J connectivity index is 1.56. The second-order valence-electron chi connectivity index (χ2n) is 9.50. The van der Waals surface area contributed by atoms with Crippen LogP contribution in [-0.4, -0.2) is 28.9 Å². The van der Waals surface area contributed by atoms with Crippen molar-refractivity contribution in [2.45, 2.75) is 22.8 Å². The van der Waals surface area contributed by atoms with E-state index in [4.69, 9.17) is 9.97 Å². The number of nitrogens with one attached hydrogen (secondary N) is 1. The number of amides is 1. The Kier molecular flexibility index (Phi) is 7.14. The summed E-state index contributed by atoms with van der Waals surface area (Å²) < 4.78 is 30.2. The molecule has 0 atom stereocenters. The number of aromatic nitrogens is 3. The van der Waals surface area contributed by atoms with Crippen molar-refractivity contribution in [1.29, 1.82) is 0 Å². The number of anilines is 1. The minimum Gasteiger partial charge on any atom is -0.309 e. The fraction of sp³-hybridized carbons (Fsp3) is 0.0606. The quantitative estimate of drug-likeness (QED) is 0.221. The van der Waals surface area contributed by atoms with Crippen molar-refractivity contribution in [1.82, 2.24) is 14.5 Å². The largest absolute Gasteiger partial charge is 0.309 e. The van der Waals surface area contributed by atoms with Crippen LogP contribution in [-0.2, 0) is 27.6 Å². The summed E-state index contributed by atoms with van der Waals surface area (Å²) in [6, 6.07) is 34.8. The number of hydrogen-bond acceptors (Lipinski definition) is 5. The van der Waals surface area contributed by atoms with Crippen LogP contribution in [0.3, 0.4) is 0 Å². The molecule has 1 N–H and O–H groups in total. The predicted molar refractivity (Wildman–Crippen MR) is 161 cm³/mol. The Labute approximate surface area is 237 Å². The topological polar surface area (TPSA) is 93.9 Å². The van der Waals surface area contributed by atoms with Gasteiger partial charge in [0.1, 0.15) is 16.2 Å². The molecule has 0 saturated heterocycles. The van der Waals surface area contributed by atoms with Gasteiger partial charge in [0.15, 0.2) is 5.65 Å². The lowest BCUT2D eigenvalue weighted by atomic mass is 10.1. The van der Waals surface area contributed by atoms with Crippen molar-refractivity contribution in [2.75, 3.05) is 5.32 Å². The molecule has 7 nitrogen and oxygen atoms in total. The van der Waals surface area contributed by atoms with Crippen molar-refractivity contribution in [3.63, 3.8) is 0 Å². The average Bonchev–Trinajstić information content (AvgIpc) is 3.31. The number of sulfone groups is 1. The van der Waals surface area contributed by atoms with Crippen LogP contribution in [0, 0.1) is 0 Å². The minimum atomic E-state index is -4.10. The van der Waals surface area contributed by atoms with Gasteiger partial charge >= 0.3 is 0 Å². The summed E-state index contributed by atoms with van der Waals surface area (Å²) in [5, 5.41) is 2.88. The van der Waals surface area contributed by atoms with Crippen LogP contribution >= 0.6 is 0 Å². The van der Waals surface area contributed by atoms with Gasteiger partial charge in [-0.1, -0.05) is 91.0 Å². The molecule has 4 aromatic carbocycles. The number of fused-ring (bicyclic) bond motifs is 2. The third-order valence-corrected chi connectivity index (χ3v) is 8.58. The van der Waals surface area contributed by atoms with E-state index in [1.54, 1.807) is 34.9 Å². The van der Waals surface area contributed by atoms with Crippen molar-refractivity contribution >= 4 is 49.8 Å². The number of carbonyl (C=O) groups is 1. The van der Waals surface area contributed by atoms with Gasteiger partial charge < -0.3 is 9.88 Å². The lowest BCUT2D eigenvalue weighted by Gasteiger charge is -2.13. The molecule has 1 amide bonds. The summed E-state index contributed by atoms with van der Waals surface area (Å²) in [5.74, 6) is -0.329. The van der Waals surface area contributed by atoms with Gasteiger partial charge in [0.05, 0.1) is 15.9 Å². The monoisotopic (exact) mass is 558 g/mol. The third-order valence-electron chi connectivity index (χ3n) is 6.77. The van der Waals surface area contributed by atoms with Crippen molar-refractivity contribution in [3.8, 4) is 0 Å². The zero-order valence-electron chi connectivity index (χ0n) is 22.0. The van der Waals surface area contributed by atoms with Gasteiger partial charge in [-0.15, -0.1) is 0 Å². The first kappa shape index (κ1) is 26.2. The molecule has 202 valence electrons. The first-order valence-electron chi connectivity index (χ1n) is 13.2. The molecule has 6 rings (SSSR count). The molecule has 2 aromatic heterocycles. The van der Waals surface area contributed by atoms with E-state index in [2.05, 4.69) is 5.32 Å². The maximum atomic E-state index is 14.2. The molecule has 0 fully saturated rings. The average molecular weight is 559 g/mol. The predicted octanol–water partition coefficient (Wildman–Crippen LogP) is 6.31. The van der Waals surface area contributed by atoms with Gasteiger partial charge in [0.2, 0.25) is 15.7 Å². The number of hydrogen-bond donors (Lipinski definition) is 1. The highest BCUT2D eigenvalue weighted by molar-refractivity contribution is 7.92. The Morgan fingerprint density at radius 2 is 1.34 bits per heavy atom. The highest BCUT2D eigenvalue weighted by Gasteiger charge is 2.32. The number of aryl methyl sites for hydroxylation is 2. The third kappa shape index (κ3) is 5.37. The molecular formula is C33H26N4O3S. The van der Waals surface area contributed by atoms with Crippen molar-refractivity contribution < 1.29 is 13.2 Å². The van der Waals surface area contributed by atoms with Gasteiger partial charge in [-0.05, 0) is 47.9 Å². The highest BCUT2D eigenvalue weighted by atomic mass is 32.2. The Morgan fingerprint density at radius 1 is 0.756 bits per heavy atom. The summed E-state index contributed by atoms with van der Waals surface area (Å²) in [4.78, 5) is 22.9. The van der Waals surface area contributed by atoms with E-state index in [0.29, 0.717) is 29.6 Å². The first-order chi connectivity index (χ1) is 20.0. The van der Waals surface area contributed by atoms with Crippen molar-refractivity contribution in [2.24, 2.45) is 0 Å². The Morgan fingerprint density at radius 3 is 2.02 bits per heavy atom. The first-order valence-corrected chi connectivity index (χ1v) is 14.7. The lowest BCUT2D eigenvalue weighted by Crippen LogP contribution is -2.16. The van der Waals surface area contributed by atoms with Gasteiger partial charge in [-0.25, -0.2) is 18.4 Å². The van der Waals surface area contributed by atoms with E-state index in [1.165, 1.54) is 18.2 Å². The molecule has 6 aromatic rings. The summed E-state index contributed by atoms with van der Waals surface area (Å²) >= 11 is 0. The zero-order valence-corrected chi connectivity index (χ0v) is 22.8. The second kappa shape index (κ2) is 11.2. The van der Waals surface area contributed by atoms with E-state index in [1.807, 2.05) is 78.9 Å². The number of para-hydroxylation sites is 2. The van der Waals surface area contributed by atoms with E-state index >= 15 is 0 Å². The van der Waals surface area contributed by atoms with Crippen LogP contribution in [0.25, 0.3) is 28.3 Å². The summed E-state index contributed by atoms with van der Waals surface area (Å²) in [6.07, 6.45) is 3.67. The molecule has 0 unspecified atom stereocenters. The standard InChI is InChI=1S/C33H26N4O3S/c38-29(21-20-24-12-4-1-5-13-24)36-33-31(41(39,40)26-16-8-3-9-17-26)30-32(35-28-19-11-10-18-27(28)34-30)37(33)23-22-25-14-6-2-7-15-25/h1-21H,22-23H2,(H,36,38). The van der Waals surface area contributed by atoms with Gasteiger partial charge in [0, 0.05) is 12.6 Å². The van der Waals surface area contributed by atoms with Gasteiger partial charge in [0.25, 0.3) is 0 Å². The molecule has 0 aliphatic heterocycles. The fourth-order valence-electron chi connectivity index (χ4n) is 4.77. The molecule has 41 heavy (non-hydrogen) atoms. The van der Waals surface area contributed by atoms with E-state index < -0.39 is 15.7 Å². The molecule has 0 bridgehead atoms. The summed E-state index contributed by atoms with van der Waals surface area (Å²) in [7, 11) is -4.10. The second-order valence-corrected chi connectivity index (χ2v) is 11.4. The number of rotatable bonds is 8. The molecular weight excluding hydrogens is 532 g/mol. The molecule has 0 spiro atoms. The highest BCUT2D eigenvalue weighted by Crippen LogP contribution is 2.37. The molecule has 0 aliphatic carbocycles. The smallest absolute Gasteiger partial charge is 0.249 e. The summed E-state index contributed by atoms with van der Waals surface area (Å²) in [6.45, 7) is 0.371. The molecule has 0 aliphatic rings. The van der Waals surface area contributed by atoms with E-state index in [9.17, 15) is 13.2 Å². The van der Waals surface area contributed by atoms with Crippen LogP contribution < -0.4 is 5.32 Å². The molecule has 8 heteroatoms. The Bertz CT molecular complexity index is 1990. The number of nitrogens with zero attached hydrogens (tertiary/aromatic N) is 3. The molecule has 0 radical (unpaired) electrons. The van der Waals surface area contributed by atoms with Crippen LogP contribution in [0.1, 0.15) is 11.1 Å². The van der Waals surface area contributed by atoms with Crippen molar-refractivity contribution in [3.05, 3.63) is 132 Å².